The van der Waals surface area contributed by atoms with E-state index in [1.54, 1.807) is 0 Å². The molecule has 1 heterocycles. The van der Waals surface area contributed by atoms with Gasteiger partial charge >= 0.3 is 6.18 Å². The molecule has 0 unspecified atom stereocenters. The summed E-state index contributed by atoms with van der Waals surface area (Å²) in [5, 5.41) is 0.888. The van der Waals surface area contributed by atoms with Gasteiger partial charge in [0.1, 0.15) is 0 Å². The molecule has 0 atom stereocenters. The van der Waals surface area contributed by atoms with Crippen LogP contribution in [0.3, 0.4) is 0 Å². The number of nitrogens with one attached hydrogen (secondary N) is 1. The smallest absolute Gasteiger partial charge is 0.345 e. The fourth-order valence-electron chi connectivity index (χ4n) is 1.62. The lowest BCUT2D eigenvalue weighted by molar-refractivity contribution is -0.0867. The topological polar surface area (TPSA) is 54.7 Å². The second-order valence-electron chi connectivity index (χ2n) is 3.48. The van der Waals surface area contributed by atoms with Gasteiger partial charge in [0.2, 0.25) is 0 Å². The Labute approximate surface area is 89.2 Å². The molecule has 86 valence electrons. The second kappa shape index (κ2) is 3.79. The average molecular weight is 229 g/mol. The van der Waals surface area contributed by atoms with Crippen molar-refractivity contribution >= 4 is 11.6 Å². The van der Waals surface area contributed by atoms with Crippen LogP contribution in [0, 0.1) is 0 Å². The van der Waals surface area contributed by atoms with E-state index in [1.807, 2.05) is 0 Å². The number of rotatable bonds is 1. The van der Waals surface area contributed by atoms with Crippen molar-refractivity contribution in [2.45, 2.75) is 12.6 Å². The van der Waals surface area contributed by atoms with Gasteiger partial charge in [-0.3, -0.25) is 0 Å². The fraction of sp³-hybridized carbons (Fsp3) is 0.300. The minimum atomic E-state index is -4.34. The highest BCUT2D eigenvalue weighted by atomic mass is 19.4. The van der Waals surface area contributed by atoms with Crippen LogP contribution in [0.25, 0.3) is 11.6 Å². The third-order valence-electron chi connectivity index (χ3n) is 2.45. The highest BCUT2D eigenvalue weighted by molar-refractivity contribution is 5.57. The first-order valence-corrected chi connectivity index (χ1v) is 4.73. The first kappa shape index (κ1) is 10.9. The van der Waals surface area contributed by atoms with Gasteiger partial charge in [-0.2, -0.15) is 13.2 Å². The van der Waals surface area contributed by atoms with Gasteiger partial charge < -0.3 is 10.7 Å². The van der Waals surface area contributed by atoms with Crippen LogP contribution < -0.4 is 16.4 Å². The summed E-state index contributed by atoms with van der Waals surface area (Å²) < 4.78 is 37.7. The summed E-state index contributed by atoms with van der Waals surface area (Å²) in [5.74, 6) is 0. The van der Waals surface area contributed by atoms with Crippen LogP contribution in [0.4, 0.5) is 13.2 Å². The Hall–Kier alpha value is -1.56. The quantitative estimate of drug-likeness (QED) is 0.722. The van der Waals surface area contributed by atoms with Gasteiger partial charge in [0.05, 0.1) is 22.6 Å². The Morgan fingerprint density at radius 1 is 1.44 bits per heavy atom. The molecule has 0 aliphatic heterocycles. The van der Waals surface area contributed by atoms with Gasteiger partial charge in [0.15, 0.2) is 0 Å². The van der Waals surface area contributed by atoms with Crippen LogP contribution in [0.1, 0.15) is 6.42 Å². The Morgan fingerprint density at radius 3 is 2.81 bits per heavy atom. The molecule has 0 aromatic carbocycles. The molecule has 1 aliphatic carbocycles. The number of H-pyrrole nitrogens is 1. The molecule has 0 fully saturated rings. The molecule has 1 aromatic rings. The summed E-state index contributed by atoms with van der Waals surface area (Å²) in [6, 6.07) is 0. The normalized spacial score (nSPS) is 16.2. The van der Waals surface area contributed by atoms with E-state index in [9.17, 15) is 13.2 Å². The molecule has 0 saturated heterocycles. The highest BCUT2D eigenvalue weighted by Gasteiger charge is 2.32. The van der Waals surface area contributed by atoms with Crippen LogP contribution in [-0.2, 0) is 0 Å². The largest absolute Gasteiger partial charge is 0.416 e. The van der Waals surface area contributed by atoms with Crippen LogP contribution >= 0.6 is 0 Å². The molecular weight excluding hydrogens is 219 g/mol. The molecule has 6 heteroatoms. The maximum absolute atomic E-state index is 12.6. The third kappa shape index (κ3) is 1.88. The molecule has 0 spiro atoms. The van der Waals surface area contributed by atoms with Crippen LogP contribution in [-0.4, -0.2) is 22.7 Å². The first-order chi connectivity index (χ1) is 7.52. The lowest BCUT2D eigenvalue weighted by Crippen LogP contribution is -2.29. The molecule has 3 nitrogen and oxygen atoms in total. The summed E-state index contributed by atoms with van der Waals surface area (Å²) >= 11 is 0. The molecular formula is C10H10F3N3. The monoisotopic (exact) mass is 229 g/mol. The van der Waals surface area contributed by atoms with Gasteiger partial charge in [-0.05, 0) is 18.1 Å². The Balaban J connectivity index is 2.62. The molecule has 0 bridgehead atoms. The second-order valence-corrected chi connectivity index (χ2v) is 3.48. The van der Waals surface area contributed by atoms with Gasteiger partial charge in [-0.25, -0.2) is 4.98 Å². The van der Waals surface area contributed by atoms with E-state index >= 15 is 0 Å². The zero-order valence-corrected chi connectivity index (χ0v) is 8.30. The minimum Gasteiger partial charge on any atom is -0.345 e. The molecule has 0 radical (unpaired) electrons. The summed E-state index contributed by atoms with van der Waals surface area (Å²) in [4.78, 5) is 6.66. The molecule has 1 aliphatic rings. The van der Waals surface area contributed by atoms with E-state index < -0.39 is 11.7 Å². The fourth-order valence-corrected chi connectivity index (χ4v) is 1.62. The summed E-state index contributed by atoms with van der Waals surface area (Å²) in [5.41, 5.74) is 5.52. The number of hydrogen-bond donors (Lipinski definition) is 2. The first-order valence-electron chi connectivity index (χ1n) is 4.73. The number of aromatic amines is 1. The molecule has 2 rings (SSSR count). The number of nitrogens with zero attached hydrogens (tertiary/aromatic N) is 1. The van der Waals surface area contributed by atoms with Crippen LogP contribution in [0.15, 0.2) is 18.0 Å². The molecule has 0 amide bonds. The Kier molecular flexibility index (Phi) is 2.59. The predicted molar refractivity (Wildman–Crippen MR) is 53.5 cm³/mol. The summed E-state index contributed by atoms with van der Waals surface area (Å²) in [7, 11) is 0. The van der Waals surface area contributed by atoms with Gasteiger partial charge in [-0.1, -0.05) is 6.08 Å². The van der Waals surface area contributed by atoms with E-state index in [1.165, 1.54) is 6.33 Å². The number of imidazole rings is 1. The number of hydrogen-bond acceptors (Lipinski definition) is 2. The molecule has 1 aromatic heterocycles. The van der Waals surface area contributed by atoms with E-state index in [4.69, 9.17) is 5.73 Å². The van der Waals surface area contributed by atoms with Crippen molar-refractivity contribution in [2.75, 3.05) is 6.54 Å². The highest BCUT2D eigenvalue weighted by Crippen LogP contribution is 2.27. The van der Waals surface area contributed by atoms with Crippen molar-refractivity contribution in [2.24, 2.45) is 5.73 Å². The lowest BCUT2D eigenvalue weighted by Gasteiger charge is -2.06. The lowest BCUT2D eigenvalue weighted by atomic mass is 10.1. The maximum Gasteiger partial charge on any atom is 0.416 e. The van der Waals surface area contributed by atoms with Gasteiger partial charge in [0, 0.05) is 6.54 Å². The zero-order chi connectivity index (χ0) is 11.8. The Bertz CT molecular complexity index is 536. The van der Waals surface area contributed by atoms with Crippen molar-refractivity contribution in [3.05, 3.63) is 28.7 Å². The number of aromatic nitrogens is 2. The zero-order valence-electron chi connectivity index (χ0n) is 8.30. The number of alkyl halides is 3. The molecule has 0 saturated carbocycles. The summed E-state index contributed by atoms with van der Waals surface area (Å²) in [6.07, 6.45) is -0.592. The number of halogens is 3. The van der Waals surface area contributed by atoms with Crippen molar-refractivity contribution in [1.29, 1.82) is 0 Å². The number of nitrogens with two attached hydrogens (primary N) is 1. The number of fused-ring (bicyclic) bond motifs is 1. The van der Waals surface area contributed by atoms with E-state index in [0.717, 1.165) is 12.2 Å². The average Bonchev–Trinajstić information content (AvgIpc) is 2.57. The van der Waals surface area contributed by atoms with Crippen molar-refractivity contribution in [3.8, 4) is 0 Å². The third-order valence-corrected chi connectivity index (χ3v) is 2.45. The van der Waals surface area contributed by atoms with Crippen LogP contribution in [0.5, 0.6) is 0 Å². The summed E-state index contributed by atoms with van der Waals surface area (Å²) in [6.45, 7) is 0.202. The van der Waals surface area contributed by atoms with Crippen molar-refractivity contribution in [1.82, 2.24) is 9.97 Å². The number of allylic oxidation sites excluding steroid dienone is 2. The minimum absolute atomic E-state index is 0.180. The molecule has 3 N–H and O–H groups in total. The van der Waals surface area contributed by atoms with E-state index in [2.05, 4.69) is 9.97 Å². The Morgan fingerprint density at radius 2 is 2.19 bits per heavy atom. The van der Waals surface area contributed by atoms with E-state index in [-0.39, 0.29) is 13.0 Å². The predicted octanol–water partition coefficient (Wildman–Crippen LogP) is 0.192. The van der Waals surface area contributed by atoms with Crippen molar-refractivity contribution in [3.63, 3.8) is 0 Å². The van der Waals surface area contributed by atoms with Crippen molar-refractivity contribution < 1.29 is 13.2 Å². The molecule has 16 heavy (non-hydrogen) atoms. The van der Waals surface area contributed by atoms with Crippen LogP contribution in [0.2, 0.25) is 0 Å². The van der Waals surface area contributed by atoms with Gasteiger partial charge in [-0.15, -0.1) is 0 Å². The van der Waals surface area contributed by atoms with Gasteiger partial charge in [0.25, 0.3) is 0 Å². The SMILES string of the molecule is NCC1=c2nc[nH]c2=CC(C(F)(F)F)=CC1. The standard InChI is InChI=1S/C10H10F3N3/c11-10(12,13)7-2-1-6(4-14)9-8(3-7)15-5-16-9/h2-3,5H,1,4,14H2,(H,15,16). The van der Waals surface area contributed by atoms with E-state index in [0.29, 0.717) is 16.3 Å². The maximum atomic E-state index is 12.6.